The SMILES string of the molecule is CC(=O)C1=C(O)C(=O)N(CCN2CCNCC2)[C@@H]1c1cccc([N+](=O)[O-])c1. The van der Waals surface area contributed by atoms with Crippen LogP contribution in [0.1, 0.15) is 18.5 Å². The zero-order chi connectivity index (χ0) is 19.6. The van der Waals surface area contributed by atoms with Crippen molar-refractivity contribution >= 4 is 17.4 Å². The highest BCUT2D eigenvalue weighted by Gasteiger charge is 2.42. The van der Waals surface area contributed by atoms with E-state index in [2.05, 4.69) is 10.2 Å². The standard InChI is InChI=1S/C18H22N4O5/c1-12(23)15-16(13-3-2-4-14(11-13)22(26)27)21(18(25)17(15)24)10-9-20-7-5-19-6-8-20/h2-4,11,16,19,24H,5-10H2,1H3/t16-/m1/s1. The van der Waals surface area contributed by atoms with Crippen LogP contribution in [-0.4, -0.2) is 70.8 Å². The molecule has 2 aliphatic rings. The lowest BCUT2D eigenvalue weighted by Crippen LogP contribution is -2.47. The third-order valence-electron chi connectivity index (χ3n) is 4.95. The van der Waals surface area contributed by atoms with E-state index in [9.17, 15) is 24.8 Å². The lowest BCUT2D eigenvalue weighted by atomic mass is 9.96. The summed E-state index contributed by atoms with van der Waals surface area (Å²) in [5.41, 5.74) is 0.296. The van der Waals surface area contributed by atoms with Gasteiger partial charge in [-0.05, 0) is 12.5 Å². The summed E-state index contributed by atoms with van der Waals surface area (Å²) in [6.07, 6.45) is 0. The number of aliphatic hydroxyl groups excluding tert-OH is 1. The molecule has 0 bridgehead atoms. The molecule has 1 amide bonds. The molecule has 9 nitrogen and oxygen atoms in total. The Morgan fingerprint density at radius 2 is 2.04 bits per heavy atom. The molecule has 2 heterocycles. The maximum atomic E-state index is 12.6. The summed E-state index contributed by atoms with van der Waals surface area (Å²) in [5.74, 6) is -1.62. The molecule has 1 aromatic rings. The van der Waals surface area contributed by atoms with E-state index in [0.29, 0.717) is 18.7 Å². The molecule has 27 heavy (non-hydrogen) atoms. The van der Waals surface area contributed by atoms with Crippen molar-refractivity contribution in [3.05, 3.63) is 51.3 Å². The first-order valence-electron chi connectivity index (χ1n) is 8.82. The van der Waals surface area contributed by atoms with Crippen LogP contribution in [-0.2, 0) is 9.59 Å². The fraction of sp³-hybridized carbons (Fsp3) is 0.444. The van der Waals surface area contributed by atoms with Gasteiger partial charge in [0, 0.05) is 51.4 Å². The Bertz CT molecular complexity index is 801. The molecule has 1 fully saturated rings. The zero-order valence-electron chi connectivity index (χ0n) is 15.1. The number of nitrogens with one attached hydrogen (secondary N) is 1. The van der Waals surface area contributed by atoms with Crippen LogP contribution in [0.3, 0.4) is 0 Å². The van der Waals surface area contributed by atoms with Crippen molar-refractivity contribution in [1.29, 1.82) is 0 Å². The summed E-state index contributed by atoms with van der Waals surface area (Å²) in [6.45, 7) is 5.62. The molecule has 144 valence electrons. The van der Waals surface area contributed by atoms with Crippen LogP contribution in [0.2, 0.25) is 0 Å². The summed E-state index contributed by atoms with van der Waals surface area (Å²) in [5, 5.41) is 24.6. The van der Waals surface area contributed by atoms with Crippen LogP contribution in [0, 0.1) is 10.1 Å². The second-order valence-corrected chi connectivity index (χ2v) is 6.66. The van der Waals surface area contributed by atoms with E-state index < -0.39 is 28.4 Å². The van der Waals surface area contributed by atoms with Gasteiger partial charge in [0.2, 0.25) is 0 Å². The largest absolute Gasteiger partial charge is 0.503 e. The zero-order valence-corrected chi connectivity index (χ0v) is 15.1. The van der Waals surface area contributed by atoms with Crippen LogP contribution < -0.4 is 5.32 Å². The number of nitro benzene ring substituents is 1. The molecule has 9 heteroatoms. The second-order valence-electron chi connectivity index (χ2n) is 6.66. The average molecular weight is 374 g/mol. The third kappa shape index (κ3) is 3.83. The van der Waals surface area contributed by atoms with Gasteiger partial charge in [0.25, 0.3) is 11.6 Å². The van der Waals surface area contributed by atoms with Crippen LogP contribution in [0.5, 0.6) is 0 Å². The van der Waals surface area contributed by atoms with Crippen molar-refractivity contribution in [2.75, 3.05) is 39.3 Å². The summed E-state index contributed by atoms with van der Waals surface area (Å²) < 4.78 is 0. The van der Waals surface area contributed by atoms with Crippen molar-refractivity contribution in [3.8, 4) is 0 Å². The third-order valence-corrected chi connectivity index (χ3v) is 4.95. The Hall–Kier alpha value is -2.78. The monoisotopic (exact) mass is 374 g/mol. The Labute approximate surface area is 156 Å². The normalized spacial score (nSPS) is 21.0. The quantitative estimate of drug-likeness (QED) is 0.558. The topological polar surface area (TPSA) is 116 Å². The van der Waals surface area contributed by atoms with Crippen molar-refractivity contribution in [2.45, 2.75) is 13.0 Å². The fourth-order valence-electron chi connectivity index (χ4n) is 3.58. The summed E-state index contributed by atoms with van der Waals surface area (Å²) in [6, 6.07) is 5.02. The summed E-state index contributed by atoms with van der Waals surface area (Å²) in [4.78, 5) is 38.9. The van der Waals surface area contributed by atoms with Gasteiger partial charge in [-0.2, -0.15) is 0 Å². The number of carbonyl (C=O) groups is 2. The predicted octanol–water partition coefficient (Wildman–Crippen LogP) is 0.784. The van der Waals surface area contributed by atoms with E-state index in [0.717, 1.165) is 26.2 Å². The minimum Gasteiger partial charge on any atom is -0.503 e. The number of ketones is 1. The first-order chi connectivity index (χ1) is 12.9. The van der Waals surface area contributed by atoms with Crippen molar-refractivity contribution in [2.24, 2.45) is 0 Å². The van der Waals surface area contributed by atoms with Gasteiger partial charge in [-0.25, -0.2) is 0 Å². The lowest BCUT2D eigenvalue weighted by Gasteiger charge is -2.31. The van der Waals surface area contributed by atoms with E-state index in [1.807, 2.05) is 0 Å². The smallest absolute Gasteiger partial charge is 0.290 e. The summed E-state index contributed by atoms with van der Waals surface area (Å²) in [7, 11) is 0. The second kappa shape index (κ2) is 7.85. The number of Topliss-reactive ketones (excluding diaryl/α,β-unsaturated/α-hetero) is 1. The number of carbonyl (C=O) groups excluding carboxylic acids is 2. The van der Waals surface area contributed by atoms with Gasteiger partial charge < -0.3 is 15.3 Å². The van der Waals surface area contributed by atoms with E-state index in [-0.39, 0.29) is 11.3 Å². The van der Waals surface area contributed by atoms with Crippen LogP contribution >= 0.6 is 0 Å². The van der Waals surface area contributed by atoms with E-state index in [4.69, 9.17) is 0 Å². The Morgan fingerprint density at radius 1 is 1.33 bits per heavy atom. The van der Waals surface area contributed by atoms with Gasteiger partial charge in [0.15, 0.2) is 11.5 Å². The van der Waals surface area contributed by atoms with Crippen LogP contribution in [0.4, 0.5) is 5.69 Å². The number of nitrogens with zero attached hydrogens (tertiary/aromatic N) is 3. The van der Waals surface area contributed by atoms with E-state index in [1.54, 1.807) is 6.07 Å². The average Bonchev–Trinajstić information content (AvgIpc) is 2.92. The highest BCUT2D eigenvalue weighted by Crippen LogP contribution is 2.38. The van der Waals surface area contributed by atoms with Gasteiger partial charge in [0.1, 0.15) is 0 Å². The van der Waals surface area contributed by atoms with E-state index in [1.165, 1.54) is 30.0 Å². The highest BCUT2D eigenvalue weighted by atomic mass is 16.6. The molecule has 0 unspecified atom stereocenters. The van der Waals surface area contributed by atoms with Crippen LogP contribution in [0.25, 0.3) is 0 Å². The molecule has 2 aliphatic heterocycles. The maximum absolute atomic E-state index is 12.6. The molecule has 0 saturated carbocycles. The molecular weight excluding hydrogens is 352 g/mol. The van der Waals surface area contributed by atoms with Gasteiger partial charge in [0.05, 0.1) is 16.5 Å². The Kier molecular flexibility index (Phi) is 5.52. The number of nitro groups is 1. The molecule has 2 N–H and O–H groups in total. The fourth-order valence-corrected chi connectivity index (χ4v) is 3.58. The molecule has 0 radical (unpaired) electrons. The van der Waals surface area contributed by atoms with Gasteiger partial charge in [-0.15, -0.1) is 0 Å². The molecule has 0 spiro atoms. The molecule has 1 atom stereocenters. The first kappa shape index (κ1) is 19.0. The molecule has 1 aromatic carbocycles. The number of amides is 1. The molecule has 0 aliphatic carbocycles. The van der Waals surface area contributed by atoms with Crippen molar-refractivity contribution < 1.29 is 19.6 Å². The molecule has 1 saturated heterocycles. The number of rotatable bonds is 6. The predicted molar refractivity (Wildman–Crippen MR) is 97.2 cm³/mol. The van der Waals surface area contributed by atoms with Gasteiger partial charge in [-0.1, -0.05) is 12.1 Å². The summed E-state index contributed by atoms with van der Waals surface area (Å²) >= 11 is 0. The van der Waals surface area contributed by atoms with Gasteiger partial charge in [-0.3, -0.25) is 24.6 Å². The Morgan fingerprint density at radius 3 is 2.67 bits per heavy atom. The van der Waals surface area contributed by atoms with Crippen LogP contribution in [0.15, 0.2) is 35.6 Å². The molecule has 3 rings (SSSR count). The minimum absolute atomic E-state index is 0.0131. The van der Waals surface area contributed by atoms with Crippen molar-refractivity contribution in [1.82, 2.24) is 15.1 Å². The number of hydrogen-bond donors (Lipinski definition) is 2. The lowest BCUT2D eigenvalue weighted by molar-refractivity contribution is -0.384. The number of non-ortho nitro benzene ring substituents is 1. The van der Waals surface area contributed by atoms with Crippen molar-refractivity contribution in [3.63, 3.8) is 0 Å². The maximum Gasteiger partial charge on any atom is 0.290 e. The highest BCUT2D eigenvalue weighted by molar-refractivity contribution is 6.08. The van der Waals surface area contributed by atoms with E-state index >= 15 is 0 Å². The molecular formula is C18H22N4O5. The van der Waals surface area contributed by atoms with Gasteiger partial charge >= 0.3 is 0 Å². The number of aliphatic hydroxyl groups is 1. The first-order valence-corrected chi connectivity index (χ1v) is 8.82. The number of hydrogen-bond acceptors (Lipinski definition) is 7. The minimum atomic E-state index is -0.821. The molecule has 0 aromatic heterocycles. The number of piperazine rings is 1. The Balaban J connectivity index is 1.91. The number of benzene rings is 1.